The Hall–Kier alpha value is -2.01. The zero-order valence-corrected chi connectivity index (χ0v) is 13.0. The number of imidazole rings is 1. The maximum Gasteiger partial charge on any atom is 0.0995 e. The quantitative estimate of drug-likeness (QED) is 0.935. The summed E-state index contributed by atoms with van der Waals surface area (Å²) in [7, 11) is 4.15. The molecule has 0 atom stereocenters. The van der Waals surface area contributed by atoms with Crippen molar-refractivity contribution in [2.24, 2.45) is 0 Å². The van der Waals surface area contributed by atoms with E-state index >= 15 is 0 Å². The Bertz CT molecular complexity index is 611. The second-order valence-corrected chi connectivity index (χ2v) is 5.70. The molecule has 1 aliphatic rings. The van der Waals surface area contributed by atoms with Crippen molar-refractivity contribution in [1.82, 2.24) is 14.5 Å². The molecule has 5 nitrogen and oxygen atoms in total. The molecule has 0 unspecified atom stereocenters. The van der Waals surface area contributed by atoms with Crippen LogP contribution in [0, 0.1) is 6.92 Å². The van der Waals surface area contributed by atoms with Crippen LogP contribution in [0.5, 0.6) is 0 Å². The maximum absolute atomic E-state index is 4.32. The van der Waals surface area contributed by atoms with Crippen LogP contribution in [0.4, 0.5) is 11.4 Å². The first-order valence-electron chi connectivity index (χ1n) is 7.43. The van der Waals surface area contributed by atoms with Gasteiger partial charge in [0.05, 0.1) is 17.7 Å². The SMILES string of the molecule is CNc1cc(N2CCN(C)CC2)cc(-n2cnc(C)c2)c1. The summed E-state index contributed by atoms with van der Waals surface area (Å²) in [6.07, 6.45) is 3.93. The summed E-state index contributed by atoms with van der Waals surface area (Å²) < 4.78 is 2.08. The van der Waals surface area contributed by atoms with Crippen molar-refractivity contribution in [3.8, 4) is 5.69 Å². The average molecular weight is 285 g/mol. The standard InChI is InChI=1S/C16H23N5/c1-13-11-21(12-18-13)16-9-14(17-2)8-15(10-16)20-6-4-19(3)5-7-20/h8-12,17H,4-7H2,1-3H3. The van der Waals surface area contributed by atoms with Gasteiger partial charge in [0.25, 0.3) is 0 Å². The first-order chi connectivity index (χ1) is 10.2. The van der Waals surface area contributed by atoms with E-state index in [1.165, 1.54) is 5.69 Å². The highest BCUT2D eigenvalue weighted by Crippen LogP contribution is 2.25. The molecule has 1 N–H and O–H groups in total. The first-order valence-corrected chi connectivity index (χ1v) is 7.43. The number of rotatable bonds is 3. The van der Waals surface area contributed by atoms with Crippen molar-refractivity contribution in [3.05, 3.63) is 36.4 Å². The fourth-order valence-electron chi connectivity index (χ4n) is 2.70. The molecule has 1 aromatic heterocycles. The van der Waals surface area contributed by atoms with Gasteiger partial charge in [-0.2, -0.15) is 0 Å². The van der Waals surface area contributed by atoms with Gasteiger partial charge in [-0.15, -0.1) is 0 Å². The van der Waals surface area contributed by atoms with Crippen molar-refractivity contribution in [1.29, 1.82) is 0 Å². The Morgan fingerprint density at radius 1 is 1.05 bits per heavy atom. The lowest BCUT2D eigenvalue weighted by Crippen LogP contribution is -2.44. The number of nitrogens with one attached hydrogen (secondary N) is 1. The zero-order chi connectivity index (χ0) is 14.8. The number of benzene rings is 1. The van der Waals surface area contributed by atoms with Gasteiger partial charge >= 0.3 is 0 Å². The fraction of sp³-hybridized carbons (Fsp3) is 0.438. The van der Waals surface area contributed by atoms with Crippen molar-refractivity contribution in [2.45, 2.75) is 6.92 Å². The molecule has 0 aliphatic carbocycles. The molecule has 0 saturated carbocycles. The largest absolute Gasteiger partial charge is 0.388 e. The van der Waals surface area contributed by atoms with Crippen molar-refractivity contribution >= 4 is 11.4 Å². The molecule has 1 saturated heterocycles. The molecule has 2 heterocycles. The van der Waals surface area contributed by atoms with Gasteiger partial charge in [0.2, 0.25) is 0 Å². The highest BCUT2D eigenvalue weighted by Gasteiger charge is 2.15. The van der Waals surface area contributed by atoms with E-state index in [0.717, 1.165) is 43.2 Å². The van der Waals surface area contributed by atoms with Crippen molar-refractivity contribution in [3.63, 3.8) is 0 Å². The van der Waals surface area contributed by atoms with E-state index in [-0.39, 0.29) is 0 Å². The van der Waals surface area contributed by atoms with E-state index in [1.54, 1.807) is 0 Å². The van der Waals surface area contributed by atoms with Gasteiger partial charge in [-0.3, -0.25) is 0 Å². The number of hydrogen-bond acceptors (Lipinski definition) is 4. The Balaban J connectivity index is 1.93. The van der Waals surface area contributed by atoms with Crippen LogP contribution >= 0.6 is 0 Å². The minimum atomic E-state index is 1.03. The summed E-state index contributed by atoms with van der Waals surface area (Å²) >= 11 is 0. The molecule has 0 spiro atoms. The van der Waals surface area contributed by atoms with Crippen LogP contribution in [0.3, 0.4) is 0 Å². The topological polar surface area (TPSA) is 36.3 Å². The summed E-state index contributed by atoms with van der Waals surface area (Å²) in [6.45, 7) is 6.39. The number of anilines is 2. The normalized spacial score (nSPS) is 16.2. The maximum atomic E-state index is 4.32. The number of hydrogen-bond donors (Lipinski definition) is 1. The van der Waals surface area contributed by atoms with E-state index in [1.807, 2.05) is 20.3 Å². The summed E-state index contributed by atoms with van der Waals surface area (Å²) in [6, 6.07) is 6.62. The minimum absolute atomic E-state index is 1.03. The predicted octanol–water partition coefficient (Wildman–Crippen LogP) is 1.97. The van der Waals surface area contributed by atoms with Crippen LogP contribution in [0.15, 0.2) is 30.7 Å². The average Bonchev–Trinajstić information content (AvgIpc) is 2.94. The van der Waals surface area contributed by atoms with Crippen molar-refractivity contribution < 1.29 is 0 Å². The number of aromatic nitrogens is 2. The summed E-state index contributed by atoms with van der Waals surface area (Å²) in [5.74, 6) is 0. The van der Waals surface area contributed by atoms with Gasteiger partial charge in [-0.1, -0.05) is 0 Å². The third-order valence-electron chi connectivity index (χ3n) is 4.07. The molecule has 5 heteroatoms. The summed E-state index contributed by atoms with van der Waals surface area (Å²) in [4.78, 5) is 9.15. The molecule has 1 aromatic carbocycles. The van der Waals surface area contributed by atoms with Gasteiger partial charge in [-0.05, 0) is 32.2 Å². The van der Waals surface area contributed by atoms with Gasteiger partial charge in [0.1, 0.15) is 0 Å². The van der Waals surface area contributed by atoms with Crippen LogP contribution < -0.4 is 10.2 Å². The van der Waals surface area contributed by atoms with Crippen LogP contribution in [0.1, 0.15) is 5.69 Å². The molecule has 112 valence electrons. The lowest BCUT2D eigenvalue weighted by molar-refractivity contribution is 0.313. The number of likely N-dealkylation sites (N-methyl/N-ethyl adjacent to an activating group) is 1. The lowest BCUT2D eigenvalue weighted by Gasteiger charge is -2.34. The van der Waals surface area contributed by atoms with Crippen LogP contribution in [-0.2, 0) is 0 Å². The van der Waals surface area contributed by atoms with Crippen LogP contribution in [0.2, 0.25) is 0 Å². The number of aryl methyl sites for hydroxylation is 1. The molecule has 21 heavy (non-hydrogen) atoms. The zero-order valence-electron chi connectivity index (χ0n) is 13.0. The Morgan fingerprint density at radius 3 is 2.38 bits per heavy atom. The number of nitrogens with zero attached hydrogens (tertiary/aromatic N) is 4. The highest BCUT2D eigenvalue weighted by atomic mass is 15.2. The molecule has 3 rings (SSSR count). The molecular weight excluding hydrogens is 262 g/mol. The molecule has 1 aliphatic heterocycles. The fourth-order valence-corrected chi connectivity index (χ4v) is 2.70. The Labute approximate surface area is 126 Å². The van der Waals surface area contributed by atoms with Gasteiger partial charge in [-0.25, -0.2) is 4.98 Å². The summed E-state index contributed by atoms with van der Waals surface area (Å²) in [5.41, 5.74) is 4.59. The van der Waals surface area contributed by atoms with E-state index in [0.29, 0.717) is 0 Å². The second kappa shape index (κ2) is 5.77. The molecule has 2 aromatic rings. The Kier molecular flexibility index (Phi) is 3.84. The van der Waals surface area contributed by atoms with E-state index in [4.69, 9.17) is 0 Å². The monoisotopic (exact) mass is 285 g/mol. The van der Waals surface area contributed by atoms with E-state index in [2.05, 4.69) is 56.1 Å². The smallest absolute Gasteiger partial charge is 0.0995 e. The molecule has 0 bridgehead atoms. The second-order valence-electron chi connectivity index (χ2n) is 5.70. The minimum Gasteiger partial charge on any atom is -0.388 e. The Morgan fingerprint density at radius 2 is 1.76 bits per heavy atom. The molecule has 0 amide bonds. The van der Waals surface area contributed by atoms with E-state index < -0.39 is 0 Å². The third-order valence-corrected chi connectivity index (χ3v) is 4.07. The number of piperazine rings is 1. The first kappa shape index (κ1) is 13.9. The third kappa shape index (κ3) is 3.03. The van der Waals surface area contributed by atoms with Gasteiger partial charge in [0.15, 0.2) is 0 Å². The molecule has 1 fully saturated rings. The highest BCUT2D eigenvalue weighted by molar-refractivity contribution is 5.64. The van der Waals surface area contributed by atoms with Crippen LogP contribution in [-0.4, -0.2) is 54.7 Å². The molecular formula is C16H23N5. The van der Waals surface area contributed by atoms with E-state index in [9.17, 15) is 0 Å². The molecule has 0 radical (unpaired) electrons. The summed E-state index contributed by atoms with van der Waals surface area (Å²) in [5, 5.41) is 3.26. The van der Waals surface area contributed by atoms with Gasteiger partial charge in [0, 0.05) is 50.8 Å². The predicted molar refractivity (Wildman–Crippen MR) is 87.6 cm³/mol. The van der Waals surface area contributed by atoms with Gasteiger partial charge < -0.3 is 19.7 Å². The van der Waals surface area contributed by atoms with Crippen LogP contribution in [0.25, 0.3) is 5.69 Å². The lowest BCUT2D eigenvalue weighted by atomic mass is 10.2. The van der Waals surface area contributed by atoms with Crippen molar-refractivity contribution in [2.75, 3.05) is 50.5 Å².